The Morgan fingerprint density at radius 1 is 0.921 bits per heavy atom. The second-order valence-electron chi connectivity index (χ2n) is 7.88. The average Bonchev–Trinajstić information content (AvgIpc) is 3.23. The van der Waals surface area contributed by atoms with Gasteiger partial charge in [-0.05, 0) is 29.3 Å². The number of aromatic nitrogens is 1. The molecule has 1 atom stereocenters. The summed E-state index contributed by atoms with van der Waals surface area (Å²) in [6, 6.07) is 10.6. The molecule has 2 N–H and O–H groups in total. The van der Waals surface area contributed by atoms with Crippen LogP contribution in [0.3, 0.4) is 0 Å². The summed E-state index contributed by atoms with van der Waals surface area (Å²) in [5.41, 5.74) is 5.77. The molecule has 0 spiro atoms. The van der Waals surface area contributed by atoms with Crippen LogP contribution in [0.1, 0.15) is 17.0 Å². The standard InChI is InChI=1S/C24H18N4O9S/c1-36-23(30)18-17(13-5-9-15(10-6-13)28(34)35)19(24(31)37-2)22-26(20(18)25)21(29)16(38-22)11-12-3-7-14(8-4-12)27(32)33/h3-11,17H,25H2,1-2H3/b16-11-/t17-/m0/s1. The topological polar surface area (TPSA) is 187 Å². The van der Waals surface area contributed by atoms with Crippen molar-refractivity contribution in [3.63, 3.8) is 0 Å². The van der Waals surface area contributed by atoms with Gasteiger partial charge in [-0.15, -0.1) is 11.3 Å². The maximum absolute atomic E-state index is 13.4. The van der Waals surface area contributed by atoms with E-state index in [1.807, 2.05) is 0 Å². The number of fused-ring (bicyclic) bond motifs is 1. The van der Waals surface area contributed by atoms with Gasteiger partial charge in [-0.1, -0.05) is 12.1 Å². The van der Waals surface area contributed by atoms with E-state index < -0.39 is 33.3 Å². The Labute approximate surface area is 216 Å². The first kappa shape index (κ1) is 26.0. The minimum absolute atomic E-state index is 0.0866. The number of ether oxygens (including phenoxy) is 2. The van der Waals surface area contributed by atoms with E-state index >= 15 is 0 Å². The summed E-state index contributed by atoms with van der Waals surface area (Å²) in [6.07, 6.45) is 1.46. The monoisotopic (exact) mass is 538 g/mol. The number of nitro benzene ring substituents is 2. The van der Waals surface area contributed by atoms with Crippen LogP contribution in [0.15, 0.2) is 58.9 Å². The largest absolute Gasteiger partial charge is 0.466 e. The van der Waals surface area contributed by atoms with Gasteiger partial charge in [0.05, 0.1) is 45.7 Å². The van der Waals surface area contributed by atoms with Gasteiger partial charge in [-0.25, -0.2) is 9.59 Å². The van der Waals surface area contributed by atoms with Crippen LogP contribution in [0.4, 0.5) is 11.4 Å². The average molecular weight is 538 g/mol. The first-order chi connectivity index (χ1) is 18.1. The molecule has 13 nitrogen and oxygen atoms in total. The van der Waals surface area contributed by atoms with Crippen molar-refractivity contribution < 1.29 is 28.9 Å². The molecule has 0 unspecified atom stereocenters. The predicted molar refractivity (Wildman–Crippen MR) is 135 cm³/mol. The normalized spacial score (nSPS) is 15.2. The molecule has 0 amide bonds. The summed E-state index contributed by atoms with van der Waals surface area (Å²) in [5, 5.41) is 22.1. The number of benzene rings is 2. The van der Waals surface area contributed by atoms with E-state index in [0.29, 0.717) is 11.1 Å². The Morgan fingerprint density at radius 2 is 1.42 bits per heavy atom. The Hall–Kier alpha value is -5.11. The first-order valence-electron chi connectivity index (χ1n) is 10.7. The van der Waals surface area contributed by atoms with E-state index in [1.165, 1.54) is 54.6 Å². The van der Waals surface area contributed by atoms with Gasteiger partial charge < -0.3 is 15.2 Å². The molecule has 1 aliphatic heterocycles. The lowest BCUT2D eigenvalue weighted by Gasteiger charge is -2.26. The molecular formula is C24H18N4O9S. The Balaban J connectivity index is 2.05. The Morgan fingerprint density at radius 3 is 1.92 bits per heavy atom. The van der Waals surface area contributed by atoms with Crippen molar-refractivity contribution in [3.8, 4) is 0 Å². The summed E-state index contributed by atoms with van der Waals surface area (Å²) in [7, 11) is 2.23. The number of nitrogens with zero attached hydrogens (tertiary/aromatic N) is 3. The third-order valence-corrected chi connectivity index (χ3v) is 6.91. The van der Waals surface area contributed by atoms with Crippen molar-refractivity contribution in [3.05, 3.63) is 105 Å². The number of nitro groups is 2. The lowest BCUT2D eigenvalue weighted by atomic mass is 9.83. The number of thiazole rings is 1. The van der Waals surface area contributed by atoms with Gasteiger partial charge in [-0.2, -0.15) is 0 Å². The lowest BCUT2D eigenvalue weighted by molar-refractivity contribution is -0.385. The summed E-state index contributed by atoms with van der Waals surface area (Å²) in [6.45, 7) is 0. The van der Waals surface area contributed by atoms with Crippen molar-refractivity contribution in [2.75, 3.05) is 14.2 Å². The van der Waals surface area contributed by atoms with Crippen molar-refractivity contribution >= 4 is 52.1 Å². The summed E-state index contributed by atoms with van der Waals surface area (Å²) in [4.78, 5) is 60.3. The van der Waals surface area contributed by atoms with Crippen molar-refractivity contribution in [1.82, 2.24) is 4.57 Å². The van der Waals surface area contributed by atoms with E-state index in [-0.39, 0.29) is 37.5 Å². The van der Waals surface area contributed by atoms with Crippen LogP contribution < -0.4 is 20.5 Å². The molecule has 4 rings (SSSR count). The van der Waals surface area contributed by atoms with Crippen LogP contribution in [0.25, 0.3) is 17.5 Å². The zero-order chi connectivity index (χ0) is 27.7. The first-order valence-corrected chi connectivity index (χ1v) is 11.5. The number of non-ortho nitro benzene ring substituents is 2. The minimum atomic E-state index is -1.17. The molecule has 38 heavy (non-hydrogen) atoms. The Kier molecular flexibility index (Phi) is 6.90. The molecule has 0 radical (unpaired) electrons. The molecule has 194 valence electrons. The smallest absolute Gasteiger partial charge is 0.338 e. The number of methoxy groups -OCH3 is 2. The van der Waals surface area contributed by atoms with Crippen molar-refractivity contribution in [2.24, 2.45) is 5.73 Å². The fourth-order valence-electron chi connectivity index (χ4n) is 4.03. The second-order valence-corrected chi connectivity index (χ2v) is 8.91. The van der Waals surface area contributed by atoms with E-state index in [0.717, 1.165) is 30.1 Å². The van der Waals surface area contributed by atoms with Gasteiger partial charge in [0.15, 0.2) is 0 Å². The van der Waals surface area contributed by atoms with Crippen molar-refractivity contribution in [2.45, 2.75) is 5.92 Å². The predicted octanol–water partition coefficient (Wildman–Crippen LogP) is 0.976. The van der Waals surface area contributed by atoms with Crippen LogP contribution in [0.2, 0.25) is 0 Å². The molecule has 14 heteroatoms. The molecule has 0 fully saturated rings. The van der Waals surface area contributed by atoms with E-state index in [2.05, 4.69) is 0 Å². The number of carbonyl (C=O) groups excluding carboxylic acids is 2. The number of esters is 2. The van der Waals surface area contributed by atoms with Gasteiger partial charge in [0, 0.05) is 24.3 Å². The minimum Gasteiger partial charge on any atom is -0.466 e. The van der Waals surface area contributed by atoms with Crippen LogP contribution in [-0.4, -0.2) is 40.6 Å². The number of hydrogen-bond donors (Lipinski definition) is 1. The molecule has 0 saturated carbocycles. The number of hydrogen-bond acceptors (Lipinski definition) is 11. The number of carbonyl (C=O) groups is 2. The number of nitrogens with two attached hydrogens (primary N) is 1. The molecule has 1 aliphatic rings. The fraction of sp³-hybridized carbons (Fsp3) is 0.125. The maximum atomic E-state index is 13.4. The van der Waals surface area contributed by atoms with Crippen molar-refractivity contribution in [1.29, 1.82) is 0 Å². The molecular weight excluding hydrogens is 520 g/mol. The molecule has 2 aromatic carbocycles. The SMILES string of the molecule is COC(=O)C1=C(N)n2c(s/c(=C\c3ccc([N+](=O)[O-])cc3)c2=O)=C(C(=O)OC)[C@H]1c1ccc([N+](=O)[O-])cc1. The molecule has 0 aliphatic carbocycles. The maximum Gasteiger partial charge on any atom is 0.338 e. The fourth-order valence-corrected chi connectivity index (χ4v) is 5.20. The van der Waals surface area contributed by atoms with E-state index in [1.54, 1.807) is 0 Å². The zero-order valence-electron chi connectivity index (χ0n) is 19.8. The summed E-state index contributed by atoms with van der Waals surface area (Å²) in [5.74, 6) is -3.23. The molecule has 0 saturated heterocycles. The quantitative estimate of drug-likeness (QED) is 0.269. The Bertz CT molecular complexity index is 1700. The molecule has 1 aromatic heterocycles. The molecule has 3 aromatic rings. The van der Waals surface area contributed by atoms with Crippen LogP contribution in [-0.2, 0) is 19.1 Å². The molecule has 0 bridgehead atoms. The van der Waals surface area contributed by atoms with Crippen LogP contribution >= 0.6 is 11.3 Å². The highest BCUT2D eigenvalue weighted by molar-refractivity contribution is 7.07. The number of rotatable bonds is 6. The third-order valence-electron chi connectivity index (χ3n) is 5.80. The zero-order valence-corrected chi connectivity index (χ0v) is 20.6. The van der Waals surface area contributed by atoms with E-state index in [4.69, 9.17) is 15.2 Å². The van der Waals surface area contributed by atoms with Gasteiger partial charge >= 0.3 is 11.9 Å². The highest BCUT2D eigenvalue weighted by Crippen LogP contribution is 2.38. The summed E-state index contributed by atoms with van der Waals surface area (Å²) >= 11 is 0.899. The highest BCUT2D eigenvalue weighted by atomic mass is 32.1. The highest BCUT2D eigenvalue weighted by Gasteiger charge is 2.39. The van der Waals surface area contributed by atoms with Gasteiger partial charge in [0.25, 0.3) is 16.9 Å². The third kappa shape index (κ3) is 4.43. The van der Waals surface area contributed by atoms with Crippen LogP contribution in [0, 0.1) is 20.2 Å². The second kappa shape index (κ2) is 10.1. The van der Waals surface area contributed by atoms with Gasteiger partial charge in [0.1, 0.15) is 10.5 Å². The van der Waals surface area contributed by atoms with Gasteiger partial charge in [0.2, 0.25) is 0 Å². The van der Waals surface area contributed by atoms with Crippen LogP contribution in [0.5, 0.6) is 0 Å². The van der Waals surface area contributed by atoms with Gasteiger partial charge in [-0.3, -0.25) is 29.6 Å². The molecule has 2 heterocycles. The lowest BCUT2D eigenvalue weighted by Crippen LogP contribution is -2.41. The van der Waals surface area contributed by atoms with E-state index in [9.17, 15) is 34.6 Å². The summed E-state index contributed by atoms with van der Waals surface area (Å²) < 4.78 is 11.1.